The lowest BCUT2D eigenvalue weighted by Gasteiger charge is -2.12. The fourth-order valence-electron chi connectivity index (χ4n) is 3.53. The van der Waals surface area contributed by atoms with Crippen molar-refractivity contribution in [3.63, 3.8) is 0 Å². The number of allylic oxidation sites excluding steroid dienone is 1. The maximum Gasteiger partial charge on any atom is 0.315 e. The number of rotatable bonds is 15. The quantitative estimate of drug-likeness (QED) is 0.158. The van der Waals surface area contributed by atoms with Gasteiger partial charge in [0.15, 0.2) is 0 Å². The molecule has 0 radical (unpaired) electrons. The molecule has 0 saturated heterocycles. The zero-order chi connectivity index (χ0) is 24.6. The van der Waals surface area contributed by atoms with Crippen molar-refractivity contribution in [1.29, 1.82) is 0 Å². The van der Waals surface area contributed by atoms with Crippen molar-refractivity contribution in [2.24, 2.45) is 0 Å². The first-order valence-electron chi connectivity index (χ1n) is 12.6. The van der Waals surface area contributed by atoms with Crippen molar-refractivity contribution >= 4 is 11.9 Å². The number of nitrogens with zero attached hydrogens (tertiary/aromatic N) is 1. The topological polar surface area (TPSA) is 65.5 Å². The van der Waals surface area contributed by atoms with Gasteiger partial charge in [0.1, 0.15) is 5.75 Å². The number of hydrogen-bond acceptors (Lipinski definition) is 5. The fourth-order valence-corrected chi connectivity index (χ4v) is 3.53. The Hall–Kier alpha value is -2.95. The minimum atomic E-state index is -0.278. The van der Waals surface area contributed by atoms with Gasteiger partial charge in [-0.25, -0.2) is 0 Å². The fraction of sp³-hybridized carbons (Fsp3) is 0.483. The van der Waals surface area contributed by atoms with Crippen LogP contribution in [-0.4, -0.2) is 23.0 Å². The highest BCUT2D eigenvalue weighted by Crippen LogP contribution is 2.21. The van der Waals surface area contributed by atoms with E-state index in [0.29, 0.717) is 12.2 Å². The summed E-state index contributed by atoms with van der Waals surface area (Å²) in [6.07, 6.45) is 15.0. The van der Waals surface area contributed by atoms with Gasteiger partial charge >= 0.3 is 11.9 Å². The van der Waals surface area contributed by atoms with Crippen molar-refractivity contribution in [1.82, 2.24) is 4.98 Å². The zero-order valence-electron chi connectivity index (χ0n) is 20.9. The number of benzene rings is 1. The Morgan fingerprint density at radius 2 is 1.71 bits per heavy atom. The molecule has 1 aromatic carbocycles. The summed E-state index contributed by atoms with van der Waals surface area (Å²) in [4.78, 5) is 27.8. The number of carbonyl (C=O) groups excluding carboxylic acids is 2. The standard InChI is InChI=1S/C29H39NO4/c1-4-6-7-8-9-10-11-12-13-29(32)34-26-20-21-27(30-22-26)25-18-16-24(17-19-25)15-14-23(3)33-28(31)5-2/h11-12,16-23H,4-10,13-15H2,1-3H3. The second-order valence-electron chi connectivity index (χ2n) is 8.62. The Balaban J connectivity index is 1.75. The Morgan fingerprint density at radius 3 is 2.38 bits per heavy atom. The maximum atomic E-state index is 12.0. The Labute approximate surface area is 204 Å². The SMILES string of the molecule is CCCCCCCC=CCC(=O)Oc1ccc(-c2ccc(CCC(C)OC(=O)CC)cc2)nc1. The molecule has 184 valence electrons. The molecule has 34 heavy (non-hydrogen) atoms. The van der Waals surface area contributed by atoms with Crippen LogP contribution in [0.25, 0.3) is 11.3 Å². The van der Waals surface area contributed by atoms with Gasteiger partial charge < -0.3 is 9.47 Å². The first kappa shape index (κ1) is 27.3. The molecule has 1 aromatic heterocycles. The second-order valence-corrected chi connectivity index (χ2v) is 8.62. The molecular formula is C29H39NO4. The molecule has 0 saturated carbocycles. The highest BCUT2D eigenvalue weighted by molar-refractivity contribution is 5.74. The van der Waals surface area contributed by atoms with Gasteiger partial charge in [-0.1, -0.05) is 75.9 Å². The van der Waals surface area contributed by atoms with E-state index in [2.05, 4.69) is 30.1 Å². The summed E-state index contributed by atoms with van der Waals surface area (Å²) in [7, 11) is 0. The van der Waals surface area contributed by atoms with Crippen LogP contribution in [0.1, 0.15) is 84.1 Å². The number of carbonyl (C=O) groups is 2. The van der Waals surface area contributed by atoms with Crippen LogP contribution in [0.5, 0.6) is 5.75 Å². The smallest absolute Gasteiger partial charge is 0.315 e. The third-order valence-electron chi connectivity index (χ3n) is 5.60. The number of unbranched alkanes of at least 4 members (excludes halogenated alkanes) is 5. The highest BCUT2D eigenvalue weighted by atomic mass is 16.5. The normalized spacial score (nSPS) is 12.0. The lowest BCUT2D eigenvalue weighted by Crippen LogP contribution is -2.14. The predicted molar refractivity (Wildman–Crippen MR) is 137 cm³/mol. The third-order valence-corrected chi connectivity index (χ3v) is 5.60. The number of aromatic nitrogens is 1. The molecular weight excluding hydrogens is 426 g/mol. The third kappa shape index (κ3) is 10.8. The molecule has 2 rings (SSSR count). The van der Waals surface area contributed by atoms with Gasteiger partial charge in [0.2, 0.25) is 0 Å². The van der Waals surface area contributed by atoms with Crippen LogP contribution in [-0.2, 0) is 20.7 Å². The summed E-state index contributed by atoms with van der Waals surface area (Å²) < 4.78 is 10.7. The van der Waals surface area contributed by atoms with Crippen LogP contribution in [0.4, 0.5) is 0 Å². The average molecular weight is 466 g/mol. The minimum Gasteiger partial charge on any atom is -0.463 e. The van der Waals surface area contributed by atoms with E-state index in [-0.39, 0.29) is 24.5 Å². The molecule has 0 aliphatic carbocycles. The number of esters is 2. The second kappa shape index (κ2) is 15.8. The summed E-state index contributed by atoms with van der Waals surface area (Å²) in [5, 5.41) is 0. The van der Waals surface area contributed by atoms with Crippen LogP contribution in [0.15, 0.2) is 54.7 Å². The summed E-state index contributed by atoms with van der Waals surface area (Å²) in [6, 6.07) is 11.8. The molecule has 0 amide bonds. The maximum absolute atomic E-state index is 12.0. The van der Waals surface area contributed by atoms with E-state index < -0.39 is 0 Å². The first-order valence-corrected chi connectivity index (χ1v) is 12.6. The van der Waals surface area contributed by atoms with Crippen molar-refractivity contribution in [2.45, 2.75) is 91.1 Å². The summed E-state index contributed by atoms with van der Waals surface area (Å²) in [5.74, 6) is 0.0154. The van der Waals surface area contributed by atoms with E-state index in [9.17, 15) is 9.59 Å². The van der Waals surface area contributed by atoms with E-state index >= 15 is 0 Å². The van der Waals surface area contributed by atoms with E-state index in [0.717, 1.165) is 30.5 Å². The van der Waals surface area contributed by atoms with E-state index in [1.807, 2.05) is 31.2 Å². The Kier molecular flexibility index (Phi) is 12.7. The largest absolute Gasteiger partial charge is 0.463 e. The number of hydrogen-bond donors (Lipinski definition) is 0. The molecule has 0 aliphatic heterocycles. The average Bonchev–Trinajstić information content (AvgIpc) is 2.85. The van der Waals surface area contributed by atoms with E-state index in [4.69, 9.17) is 9.47 Å². The molecule has 0 bridgehead atoms. The molecule has 5 heteroatoms. The minimum absolute atomic E-state index is 0.0879. The monoisotopic (exact) mass is 465 g/mol. The molecule has 0 spiro atoms. The molecule has 1 unspecified atom stereocenters. The van der Waals surface area contributed by atoms with Crippen molar-refractivity contribution in [3.8, 4) is 17.0 Å². The van der Waals surface area contributed by atoms with Crippen molar-refractivity contribution < 1.29 is 19.1 Å². The van der Waals surface area contributed by atoms with Crippen LogP contribution in [0.2, 0.25) is 0 Å². The molecule has 0 aliphatic rings. The molecule has 1 atom stereocenters. The van der Waals surface area contributed by atoms with E-state index in [1.165, 1.54) is 37.7 Å². The lowest BCUT2D eigenvalue weighted by atomic mass is 10.0. The number of pyridine rings is 1. The summed E-state index contributed by atoms with van der Waals surface area (Å²) in [5.41, 5.74) is 3.00. The van der Waals surface area contributed by atoms with Gasteiger partial charge in [-0.3, -0.25) is 14.6 Å². The van der Waals surface area contributed by atoms with Gasteiger partial charge in [-0.05, 0) is 50.3 Å². The molecule has 0 N–H and O–H groups in total. The van der Waals surface area contributed by atoms with Crippen LogP contribution in [0, 0.1) is 0 Å². The van der Waals surface area contributed by atoms with Gasteiger partial charge in [-0.15, -0.1) is 0 Å². The van der Waals surface area contributed by atoms with E-state index in [1.54, 1.807) is 19.2 Å². The molecule has 0 fully saturated rings. The van der Waals surface area contributed by atoms with Gasteiger partial charge in [-0.2, -0.15) is 0 Å². The zero-order valence-corrected chi connectivity index (χ0v) is 20.9. The van der Waals surface area contributed by atoms with Crippen LogP contribution >= 0.6 is 0 Å². The Bertz CT molecular complexity index is 887. The molecule has 5 nitrogen and oxygen atoms in total. The molecule has 2 aromatic rings. The van der Waals surface area contributed by atoms with Gasteiger partial charge in [0, 0.05) is 12.0 Å². The van der Waals surface area contributed by atoms with Crippen molar-refractivity contribution in [3.05, 3.63) is 60.3 Å². The Morgan fingerprint density at radius 1 is 0.941 bits per heavy atom. The highest BCUT2D eigenvalue weighted by Gasteiger charge is 2.09. The summed E-state index contributed by atoms with van der Waals surface area (Å²) >= 11 is 0. The lowest BCUT2D eigenvalue weighted by molar-refractivity contribution is -0.148. The first-order chi connectivity index (χ1) is 16.5. The van der Waals surface area contributed by atoms with Crippen molar-refractivity contribution in [2.75, 3.05) is 0 Å². The van der Waals surface area contributed by atoms with Crippen LogP contribution < -0.4 is 4.74 Å². The molecule has 1 heterocycles. The van der Waals surface area contributed by atoms with Crippen LogP contribution in [0.3, 0.4) is 0 Å². The summed E-state index contributed by atoms with van der Waals surface area (Å²) in [6.45, 7) is 5.94. The number of aryl methyl sites for hydroxylation is 1. The van der Waals surface area contributed by atoms with Gasteiger partial charge in [0.05, 0.1) is 24.4 Å². The predicted octanol–water partition coefficient (Wildman–Crippen LogP) is 7.24. The van der Waals surface area contributed by atoms with Gasteiger partial charge in [0.25, 0.3) is 0 Å². The number of ether oxygens (including phenoxy) is 2.